The topological polar surface area (TPSA) is 48.3 Å². The lowest BCUT2D eigenvalue weighted by molar-refractivity contribution is -0.135. The quantitative estimate of drug-likeness (QED) is 0.745. The first-order valence-corrected chi connectivity index (χ1v) is 7.43. The predicted molar refractivity (Wildman–Crippen MR) is 82.7 cm³/mol. The van der Waals surface area contributed by atoms with E-state index in [-0.39, 0.29) is 23.9 Å². The van der Waals surface area contributed by atoms with Crippen molar-refractivity contribution in [2.75, 3.05) is 0 Å². The maximum absolute atomic E-state index is 12.6. The van der Waals surface area contributed by atoms with Crippen LogP contribution in [0.3, 0.4) is 0 Å². The van der Waals surface area contributed by atoms with Crippen molar-refractivity contribution in [1.29, 1.82) is 0 Å². The van der Waals surface area contributed by atoms with Gasteiger partial charge >= 0.3 is 5.97 Å². The maximum atomic E-state index is 12.6. The van der Waals surface area contributed by atoms with Crippen LogP contribution in [0.15, 0.2) is 39.6 Å². The van der Waals surface area contributed by atoms with E-state index in [1.807, 2.05) is 31.2 Å². The molecule has 0 fully saturated rings. The van der Waals surface area contributed by atoms with Crippen molar-refractivity contribution in [3.63, 3.8) is 0 Å². The molecule has 1 atom stereocenters. The SMILES string of the molecule is Cc1cc2c(c(=O)n1C)[C@@H](c1cccc(Br)c1)CC(=O)O2. The first-order valence-electron chi connectivity index (χ1n) is 6.64. The fourth-order valence-corrected chi connectivity index (χ4v) is 3.07. The highest BCUT2D eigenvalue weighted by atomic mass is 79.9. The molecule has 0 bridgehead atoms. The van der Waals surface area contributed by atoms with Crippen molar-refractivity contribution in [2.24, 2.45) is 7.05 Å². The Morgan fingerprint density at radius 3 is 2.76 bits per heavy atom. The number of carbonyl (C=O) groups excluding carboxylic acids is 1. The Morgan fingerprint density at radius 1 is 1.29 bits per heavy atom. The number of carbonyl (C=O) groups is 1. The minimum atomic E-state index is -0.305. The van der Waals surface area contributed by atoms with Gasteiger partial charge in [0.05, 0.1) is 12.0 Å². The molecule has 3 rings (SSSR count). The van der Waals surface area contributed by atoms with Crippen molar-refractivity contribution in [1.82, 2.24) is 4.57 Å². The zero-order valence-corrected chi connectivity index (χ0v) is 13.3. The number of esters is 1. The second-order valence-electron chi connectivity index (χ2n) is 5.21. The lowest BCUT2D eigenvalue weighted by atomic mass is 9.87. The first-order chi connectivity index (χ1) is 9.97. The Hall–Kier alpha value is -1.88. The van der Waals surface area contributed by atoms with Gasteiger partial charge in [-0.2, -0.15) is 0 Å². The van der Waals surface area contributed by atoms with Crippen LogP contribution in [-0.2, 0) is 11.8 Å². The number of hydrogen-bond donors (Lipinski definition) is 0. The number of hydrogen-bond acceptors (Lipinski definition) is 3. The van der Waals surface area contributed by atoms with E-state index in [9.17, 15) is 9.59 Å². The van der Waals surface area contributed by atoms with Gasteiger partial charge in [-0.25, -0.2) is 0 Å². The van der Waals surface area contributed by atoms with Crippen molar-refractivity contribution in [3.05, 3.63) is 62.0 Å². The molecule has 1 aliphatic heterocycles. The standard InChI is InChI=1S/C16H14BrNO3/c1-9-6-13-15(16(20)18(9)2)12(8-14(19)21-13)10-4-3-5-11(17)7-10/h3-7,12H,8H2,1-2H3/t12-/m1/s1. The fourth-order valence-electron chi connectivity index (χ4n) is 2.66. The number of fused-ring (bicyclic) bond motifs is 1. The summed E-state index contributed by atoms with van der Waals surface area (Å²) in [7, 11) is 1.73. The maximum Gasteiger partial charge on any atom is 0.312 e. The highest BCUT2D eigenvalue weighted by molar-refractivity contribution is 9.10. The highest BCUT2D eigenvalue weighted by Crippen LogP contribution is 2.37. The van der Waals surface area contributed by atoms with Crippen LogP contribution in [-0.4, -0.2) is 10.5 Å². The van der Waals surface area contributed by atoms with Crippen LogP contribution >= 0.6 is 15.9 Å². The molecule has 1 aromatic carbocycles. The van der Waals surface area contributed by atoms with Gasteiger partial charge in [-0.05, 0) is 24.6 Å². The number of nitrogens with zero attached hydrogens (tertiary/aromatic N) is 1. The molecule has 0 saturated heterocycles. The molecular weight excluding hydrogens is 334 g/mol. The minimum absolute atomic E-state index is 0.109. The molecule has 0 radical (unpaired) electrons. The highest BCUT2D eigenvalue weighted by Gasteiger charge is 2.32. The zero-order valence-electron chi connectivity index (χ0n) is 11.7. The summed E-state index contributed by atoms with van der Waals surface area (Å²) in [6.45, 7) is 1.82. The van der Waals surface area contributed by atoms with Gasteiger partial charge in [0.2, 0.25) is 0 Å². The average molecular weight is 348 g/mol. The largest absolute Gasteiger partial charge is 0.426 e. The molecule has 0 aliphatic carbocycles. The summed E-state index contributed by atoms with van der Waals surface area (Å²) in [5.41, 5.74) is 2.15. The van der Waals surface area contributed by atoms with Gasteiger partial charge in [-0.1, -0.05) is 28.1 Å². The number of benzene rings is 1. The summed E-state index contributed by atoms with van der Waals surface area (Å²) in [6.07, 6.45) is 0.182. The predicted octanol–water partition coefficient (Wildman–Crippen LogP) is 2.90. The summed E-state index contributed by atoms with van der Waals surface area (Å²) >= 11 is 3.43. The second kappa shape index (κ2) is 5.15. The summed E-state index contributed by atoms with van der Waals surface area (Å²) in [5, 5.41) is 0. The third kappa shape index (κ3) is 2.42. The molecule has 2 aromatic rings. The fraction of sp³-hybridized carbons (Fsp3) is 0.250. The van der Waals surface area contributed by atoms with Crippen molar-refractivity contribution in [2.45, 2.75) is 19.3 Å². The van der Waals surface area contributed by atoms with Crippen molar-refractivity contribution >= 4 is 21.9 Å². The minimum Gasteiger partial charge on any atom is -0.426 e. The molecule has 0 N–H and O–H groups in total. The molecule has 0 amide bonds. The lowest BCUT2D eigenvalue weighted by Crippen LogP contribution is -2.31. The molecule has 0 saturated carbocycles. The van der Waals surface area contributed by atoms with Crippen LogP contribution < -0.4 is 10.3 Å². The first kappa shape index (κ1) is 14.1. The number of ether oxygens (including phenoxy) is 1. The Kier molecular flexibility index (Phi) is 3.45. The lowest BCUT2D eigenvalue weighted by Gasteiger charge is -2.25. The van der Waals surface area contributed by atoms with Crippen molar-refractivity contribution < 1.29 is 9.53 Å². The van der Waals surface area contributed by atoms with Crippen LogP contribution in [0.2, 0.25) is 0 Å². The van der Waals surface area contributed by atoms with Crippen molar-refractivity contribution in [3.8, 4) is 5.75 Å². The molecule has 0 spiro atoms. The van der Waals surface area contributed by atoms with Gasteiger partial charge < -0.3 is 9.30 Å². The Balaban J connectivity index is 2.24. The molecule has 5 heteroatoms. The molecule has 1 aliphatic rings. The number of aromatic nitrogens is 1. The number of aryl methyl sites for hydroxylation is 1. The van der Waals surface area contributed by atoms with E-state index in [0.717, 1.165) is 15.7 Å². The third-order valence-electron chi connectivity index (χ3n) is 3.86. The second-order valence-corrected chi connectivity index (χ2v) is 6.13. The smallest absolute Gasteiger partial charge is 0.312 e. The summed E-state index contributed by atoms with van der Waals surface area (Å²) < 4.78 is 7.77. The van der Waals surface area contributed by atoms with Crippen LogP contribution in [0.5, 0.6) is 5.75 Å². The van der Waals surface area contributed by atoms with Gasteiger partial charge in [-0.15, -0.1) is 0 Å². The van der Waals surface area contributed by atoms with Crippen LogP contribution in [0.1, 0.15) is 29.2 Å². The van der Waals surface area contributed by atoms with E-state index in [0.29, 0.717) is 11.3 Å². The van der Waals surface area contributed by atoms with E-state index in [2.05, 4.69) is 15.9 Å². The molecule has 1 aromatic heterocycles. The van der Waals surface area contributed by atoms with Crippen LogP contribution in [0.25, 0.3) is 0 Å². The van der Waals surface area contributed by atoms with E-state index in [4.69, 9.17) is 4.74 Å². The monoisotopic (exact) mass is 347 g/mol. The third-order valence-corrected chi connectivity index (χ3v) is 4.36. The van der Waals surface area contributed by atoms with Crippen LogP contribution in [0.4, 0.5) is 0 Å². The van der Waals surface area contributed by atoms with Gasteiger partial charge in [0.15, 0.2) is 0 Å². The van der Waals surface area contributed by atoms with Gasteiger partial charge in [-0.3, -0.25) is 9.59 Å². The van der Waals surface area contributed by atoms with Gasteiger partial charge in [0, 0.05) is 29.2 Å². The molecule has 0 unspecified atom stereocenters. The summed E-state index contributed by atoms with van der Waals surface area (Å²) in [6, 6.07) is 9.43. The number of pyridine rings is 1. The van der Waals surface area contributed by atoms with Gasteiger partial charge in [0.25, 0.3) is 5.56 Å². The Labute approximate surface area is 130 Å². The molecular formula is C16H14BrNO3. The molecule has 108 valence electrons. The van der Waals surface area contributed by atoms with E-state index < -0.39 is 0 Å². The number of rotatable bonds is 1. The molecule has 2 heterocycles. The molecule has 21 heavy (non-hydrogen) atoms. The van der Waals surface area contributed by atoms with Crippen LogP contribution in [0, 0.1) is 6.92 Å². The van der Waals surface area contributed by atoms with E-state index in [1.165, 1.54) is 0 Å². The number of halogens is 1. The Morgan fingerprint density at radius 2 is 2.05 bits per heavy atom. The summed E-state index contributed by atoms with van der Waals surface area (Å²) in [4.78, 5) is 24.4. The normalized spacial score (nSPS) is 17.3. The Bertz CT molecular complexity index is 795. The average Bonchev–Trinajstić information content (AvgIpc) is 2.44. The zero-order chi connectivity index (χ0) is 15.1. The molecule has 4 nitrogen and oxygen atoms in total. The van der Waals surface area contributed by atoms with Gasteiger partial charge in [0.1, 0.15) is 5.75 Å². The van der Waals surface area contributed by atoms with E-state index in [1.54, 1.807) is 17.7 Å². The van der Waals surface area contributed by atoms with E-state index >= 15 is 0 Å². The summed E-state index contributed by atoms with van der Waals surface area (Å²) in [5.74, 6) is -0.185.